The first-order valence-corrected chi connectivity index (χ1v) is 7.38. The molecule has 1 aromatic heterocycles. The number of amides is 1. The van der Waals surface area contributed by atoms with E-state index >= 15 is 0 Å². The summed E-state index contributed by atoms with van der Waals surface area (Å²) in [6.45, 7) is 2.22. The van der Waals surface area contributed by atoms with Crippen molar-refractivity contribution in [1.29, 1.82) is 0 Å². The molecule has 1 amide bonds. The summed E-state index contributed by atoms with van der Waals surface area (Å²) in [6, 6.07) is 1.33. The molecule has 0 aliphatic carbocycles. The van der Waals surface area contributed by atoms with E-state index in [1.807, 2.05) is 4.90 Å². The third-order valence-corrected chi connectivity index (χ3v) is 3.47. The van der Waals surface area contributed by atoms with Gasteiger partial charge in [0.25, 0.3) is 5.56 Å². The fourth-order valence-corrected chi connectivity index (χ4v) is 2.34. The molecule has 0 saturated carbocycles. The summed E-state index contributed by atoms with van der Waals surface area (Å²) in [4.78, 5) is 25.9. The van der Waals surface area contributed by atoms with Gasteiger partial charge in [-0.1, -0.05) is 12.8 Å². The molecule has 1 aliphatic rings. The predicted octanol–water partition coefficient (Wildman–Crippen LogP) is -0.0166. The Morgan fingerprint density at radius 2 is 2.00 bits per heavy atom. The molecule has 1 saturated heterocycles. The van der Waals surface area contributed by atoms with E-state index in [4.69, 9.17) is 10.5 Å². The zero-order chi connectivity index (χ0) is 15.1. The zero-order valence-electron chi connectivity index (χ0n) is 12.2. The molecule has 21 heavy (non-hydrogen) atoms. The second-order valence-corrected chi connectivity index (χ2v) is 5.12. The van der Waals surface area contributed by atoms with Crippen molar-refractivity contribution < 1.29 is 9.53 Å². The van der Waals surface area contributed by atoms with Gasteiger partial charge in [-0.2, -0.15) is 5.10 Å². The van der Waals surface area contributed by atoms with Gasteiger partial charge in [0.2, 0.25) is 5.91 Å². The van der Waals surface area contributed by atoms with Crippen LogP contribution in [0.1, 0.15) is 25.7 Å². The molecule has 0 unspecified atom stereocenters. The number of nitrogens with zero attached hydrogens (tertiary/aromatic N) is 3. The SMILES string of the molecule is NCCOc1cnn(CC(=O)N2CCCCCC2)c(=O)c1. The first kappa shape index (κ1) is 15.5. The summed E-state index contributed by atoms with van der Waals surface area (Å²) in [5.74, 6) is 0.325. The second-order valence-electron chi connectivity index (χ2n) is 5.12. The van der Waals surface area contributed by atoms with Crippen molar-refractivity contribution in [2.24, 2.45) is 5.73 Å². The summed E-state index contributed by atoms with van der Waals surface area (Å²) < 4.78 is 6.40. The monoisotopic (exact) mass is 294 g/mol. The van der Waals surface area contributed by atoms with Crippen LogP contribution >= 0.6 is 0 Å². The van der Waals surface area contributed by atoms with Crippen molar-refractivity contribution in [1.82, 2.24) is 14.7 Å². The lowest BCUT2D eigenvalue weighted by atomic mass is 10.2. The standard InChI is InChI=1S/C14H22N4O3/c15-5-8-21-12-9-13(19)18(16-10-12)11-14(20)17-6-3-1-2-4-7-17/h9-10H,1-8,11,15H2. The number of carbonyl (C=O) groups is 1. The van der Waals surface area contributed by atoms with E-state index in [2.05, 4.69) is 5.10 Å². The predicted molar refractivity (Wildman–Crippen MR) is 78.1 cm³/mol. The van der Waals surface area contributed by atoms with Crippen LogP contribution < -0.4 is 16.0 Å². The van der Waals surface area contributed by atoms with Gasteiger partial charge in [-0.15, -0.1) is 0 Å². The van der Waals surface area contributed by atoms with Gasteiger partial charge < -0.3 is 15.4 Å². The maximum absolute atomic E-state index is 12.2. The van der Waals surface area contributed by atoms with Crippen LogP contribution in [0.3, 0.4) is 0 Å². The fourth-order valence-electron chi connectivity index (χ4n) is 2.34. The Labute approximate surface area is 123 Å². The molecule has 0 radical (unpaired) electrons. The summed E-state index contributed by atoms with van der Waals surface area (Å²) in [6.07, 6.45) is 5.82. The van der Waals surface area contributed by atoms with Gasteiger partial charge in [-0.25, -0.2) is 4.68 Å². The number of likely N-dealkylation sites (tertiary alicyclic amines) is 1. The van der Waals surface area contributed by atoms with E-state index in [0.29, 0.717) is 18.9 Å². The molecular formula is C14H22N4O3. The van der Waals surface area contributed by atoms with Gasteiger partial charge in [0.1, 0.15) is 18.9 Å². The first-order valence-electron chi connectivity index (χ1n) is 7.38. The van der Waals surface area contributed by atoms with E-state index in [-0.39, 0.29) is 18.0 Å². The topological polar surface area (TPSA) is 90.4 Å². The van der Waals surface area contributed by atoms with Crippen molar-refractivity contribution in [3.63, 3.8) is 0 Å². The van der Waals surface area contributed by atoms with Crippen LogP contribution in [-0.2, 0) is 11.3 Å². The first-order chi connectivity index (χ1) is 10.2. The highest BCUT2D eigenvalue weighted by Crippen LogP contribution is 2.10. The Hall–Kier alpha value is -1.89. The second kappa shape index (κ2) is 7.78. The van der Waals surface area contributed by atoms with Gasteiger partial charge in [0.15, 0.2) is 0 Å². The Morgan fingerprint density at radius 3 is 2.62 bits per heavy atom. The molecule has 0 aromatic carbocycles. The summed E-state index contributed by atoms with van der Waals surface area (Å²) in [5, 5.41) is 3.98. The third kappa shape index (κ3) is 4.56. The summed E-state index contributed by atoms with van der Waals surface area (Å²) >= 11 is 0. The Bertz CT molecular complexity index is 521. The van der Waals surface area contributed by atoms with Gasteiger partial charge in [-0.05, 0) is 12.8 Å². The van der Waals surface area contributed by atoms with E-state index in [1.165, 1.54) is 16.9 Å². The molecule has 2 N–H and O–H groups in total. The average Bonchev–Trinajstić information content (AvgIpc) is 2.76. The highest BCUT2D eigenvalue weighted by molar-refractivity contribution is 5.75. The molecule has 1 aliphatic heterocycles. The number of hydrogen-bond acceptors (Lipinski definition) is 5. The Morgan fingerprint density at radius 1 is 1.29 bits per heavy atom. The third-order valence-electron chi connectivity index (χ3n) is 3.47. The fraction of sp³-hybridized carbons (Fsp3) is 0.643. The molecule has 1 fully saturated rings. The van der Waals surface area contributed by atoms with Gasteiger partial charge >= 0.3 is 0 Å². The van der Waals surface area contributed by atoms with Gasteiger partial charge in [0.05, 0.1) is 6.20 Å². The summed E-state index contributed by atoms with van der Waals surface area (Å²) in [7, 11) is 0. The molecule has 2 heterocycles. The van der Waals surface area contributed by atoms with E-state index in [0.717, 1.165) is 38.8 Å². The average molecular weight is 294 g/mol. The minimum Gasteiger partial charge on any atom is -0.490 e. The summed E-state index contributed by atoms with van der Waals surface area (Å²) in [5.41, 5.74) is 4.99. The van der Waals surface area contributed by atoms with Crippen LogP contribution in [-0.4, -0.2) is 46.8 Å². The minimum atomic E-state index is -0.340. The number of hydrogen-bond donors (Lipinski definition) is 1. The lowest BCUT2D eigenvalue weighted by Gasteiger charge is -2.20. The maximum atomic E-state index is 12.2. The van der Waals surface area contributed by atoms with Crippen molar-refractivity contribution >= 4 is 5.91 Å². The maximum Gasteiger partial charge on any atom is 0.270 e. The highest BCUT2D eigenvalue weighted by atomic mass is 16.5. The molecular weight excluding hydrogens is 272 g/mol. The van der Waals surface area contributed by atoms with Crippen LogP contribution in [0.4, 0.5) is 0 Å². The quantitative estimate of drug-likeness (QED) is 0.824. The normalized spacial score (nSPS) is 15.6. The number of nitrogens with two attached hydrogens (primary N) is 1. The van der Waals surface area contributed by atoms with Crippen LogP contribution in [0.25, 0.3) is 0 Å². The lowest BCUT2D eigenvalue weighted by Crippen LogP contribution is -2.37. The van der Waals surface area contributed by atoms with Crippen LogP contribution in [0.5, 0.6) is 5.75 Å². The van der Waals surface area contributed by atoms with Crippen molar-refractivity contribution in [3.05, 3.63) is 22.6 Å². The molecule has 0 atom stereocenters. The van der Waals surface area contributed by atoms with Crippen LogP contribution in [0.15, 0.2) is 17.1 Å². The number of ether oxygens (including phenoxy) is 1. The van der Waals surface area contributed by atoms with Gasteiger partial charge in [0, 0.05) is 25.7 Å². The van der Waals surface area contributed by atoms with Crippen LogP contribution in [0, 0.1) is 0 Å². The Balaban J connectivity index is 1.98. The number of carbonyl (C=O) groups excluding carboxylic acids is 1. The molecule has 7 nitrogen and oxygen atoms in total. The largest absolute Gasteiger partial charge is 0.490 e. The van der Waals surface area contributed by atoms with E-state index in [9.17, 15) is 9.59 Å². The molecule has 7 heteroatoms. The molecule has 116 valence electrons. The van der Waals surface area contributed by atoms with E-state index in [1.54, 1.807) is 0 Å². The molecule has 0 bridgehead atoms. The zero-order valence-corrected chi connectivity index (χ0v) is 12.2. The van der Waals surface area contributed by atoms with Crippen molar-refractivity contribution in [2.45, 2.75) is 32.2 Å². The van der Waals surface area contributed by atoms with Crippen molar-refractivity contribution in [3.8, 4) is 5.75 Å². The number of aromatic nitrogens is 2. The van der Waals surface area contributed by atoms with Crippen LogP contribution in [0.2, 0.25) is 0 Å². The highest BCUT2D eigenvalue weighted by Gasteiger charge is 2.16. The smallest absolute Gasteiger partial charge is 0.270 e. The van der Waals surface area contributed by atoms with Gasteiger partial charge in [-0.3, -0.25) is 9.59 Å². The number of rotatable bonds is 5. The molecule has 1 aromatic rings. The minimum absolute atomic E-state index is 0.0179. The lowest BCUT2D eigenvalue weighted by molar-refractivity contribution is -0.132. The van der Waals surface area contributed by atoms with E-state index < -0.39 is 0 Å². The Kier molecular flexibility index (Phi) is 5.74. The van der Waals surface area contributed by atoms with Crippen molar-refractivity contribution in [2.75, 3.05) is 26.2 Å². The molecule has 0 spiro atoms. The molecule has 2 rings (SSSR count).